The van der Waals surface area contributed by atoms with E-state index in [1.165, 1.54) is 17.8 Å². The first-order valence-corrected chi connectivity index (χ1v) is 15.1. The number of carbonyl (C=O) groups is 4. The molecule has 224 valence electrons. The van der Waals surface area contributed by atoms with E-state index in [9.17, 15) is 19.2 Å². The van der Waals surface area contributed by atoms with Gasteiger partial charge in [0.2, 0.25) is 5.91 Å². The standard InChI is InChI=1S/C33H28Cl2N4O4S/c1-2-28(33(43)38-26-17-7-6-15-24(26)30(36)40)44-23-14-9-13-22(19-23)37-32(42)27(18-21-12-8-16-25(34)29(21)35)39-31(41)20-10-4-3-5-11-20/h3-19,28H,2H2,1H3,(H2,36,40)(H,37,42)(H,38,43)(H,39,41)/b27-18+. The summed E-state index contributed by atoms with van der Waals surface area (Å²) in [6.07, 6.45) is 1.94. The average molecular weight is 648 g/mol. The molecule has 8 nitrogen and oxygen atoms in total. The third-order valence-corrected chi connectivity index (χ3v) is 8.49. The first-order valence-electron chi connectivity index (χ1n) is 13.5. The number of nitrogens with one attached hydrogen (secondary N) is 3. The first-order chi connectivity index (χ1) is 21.2. The zero-order chi connectivity index (χ0) is 31.6. The Kier molecular flexibility index (Phi) is 11.2. The minimum atomic E-state index is -0.643. The number of anilines is 2. The van der Waals surface area contributed by atoms with E-state index < -0.39 is 23.0 Å². The summed E-state index contributed by atoms with van der Waals surface area (Å²) in [4.78, 5) is 52.0. The van der Waals surface area contributed by atoms with Gasteiger partial charge in [0.1, 0.15) is 5.70 Å². The highest BCUT2D eigenvalue weighted by atomic mass is 35.5. The molecule has 1 atom stereocenters. The van der Waals surface area contributed by atoms with Crippen LogP contribution in [0.1, 0.15) is 39.6 Å². The van der Waals surface area contributed by atoms with E-state index in [1.807, 2.05) is 13.0 Å². The Balaban J connectivity index is 1.53. The number of carbonyl (C=O) groups excluding carboxylic acids is 4. The SMILES string of the molecule is CCC(Sc1cccc(NC(=O)/C(=C\c2cccc(Cl)c2Cl)NC(=O)c2ccccc2)c1)C(=O)Nc1ccccc1C(N)=O. The van der Waals surface area contributed by atoms with Crippen LogP contribution < -0.4 is 21.7 Å². The van der Waals surface area contributed by atoms with Gasteiger partial charge in [-0.3, -0.25) is 19.2 Å². The summed E-state index contributed by atoms with van der Waals surface area (Å²) in [5.41, 5.74) is 7.18. The van der Waals surface area contributed by atoms with E-state index in [-0.39, 0.29) is 22.2 Å². The van der Waals surface area contributed by atoms with Gasteiger partial charge >= 0.3 is 0 Å². The van der Waals surface area contributed by atoms with Crippen molar-refractivity contribution in [3.05, 3.63) is 129 Å². The number of rotatable bonds is 11. The maximum atomic E-state index is 13.5. The molecule has 0 aromatic heterocycles. The predicted octanol–water partition coefficient (Wildman–Crippen LogP) is 7.01. The first kappa shape index (κ1) is 32.3. The van der Waals surface area contributed by atoms with E-state index in [0.717, 1.165) is 0 Å². The van der Waals surface area contributed by atoms with E-state index in [4.69, 9.17) is 28.9 Å². The molecule has 5 N–H and O–H groups in total. The van der Waals surface area contributed by atoms with Gasteiger partial charge in [-0.25, -0.2) is 0 Å². The maximum Gasteiger partial charge on any atom is 0.272 e. The molecule has 11 heteroatoms. The summed E-state index contributed by atoms with van der Waals surface area (Å²) in [6, 6.07) is 26.9. The van der Waals surface area contributed by atoms with E-state index >= 15 is 0 Å². The molecule has 4 aromatic rings. The van der Waals surface area contributed by atoms with Crippen molar-refractivity contribution in [2.24, 2.45) is 5.73 Å². The Morgan fingerprint density at radius 3 is 2.30 bits per heavy atom. The van der Waals surface area contributed by atoms with Gasteiger partial charge in [0.15, 0.2) is 0 Å². The molecule has 4 rings (SSSR count). The smallest absolute Gasteiger partial charge is 0.272 e. The quantitative estimate of drug-likeness (QED) is 0.103. The van der Waals surface area contributed by atoms with Gasteiger partial charge in [-0.05, 0) is 66.6 Å². The molecule has 0 saturated heterocycles. The molecule has 0 aliphatic heterocycles. The molecule has 0 radical (unpaired) electrons. The van der Waals surface area contributed by atoms with E-state index in [2.05, 4.69) is 16.0 Å². The van der Waals surface area contributed by atoms with Crippen LogP contribution in [0.2, 0.25) is 10.0 Å². The topological polar surface area (TPSA) is 130 Å². The van der Waals surface area contributed by atoms with Crippen LogP contribution >= 0.6 is 35.0 Å². The van der Waals surface area contributed by atoms with Crippen LogP contribution in [0.4, 0.5) is 11.4 Å². The lowest BCUT2D eigenvalue weighted by Crippen LogP contribution is -2.30. The number of nitrogens with two attached hydrogens (primary N) is 1. The summed E-state index contributed by atoms with van der Waals surface area (Å²) in [6.45, 7) is 1.87. The molecular weight excluding hydrogens is 619 g/mol. The minimum absolute atomic E-state index is 0.0556. The molecule has 4 amide bonds. The normalized spacial score (nSPS) is 11.8. The third-order valence-electron chi connectivity index (χ3n) is 6.29. The number of para-hydroxylation sites is 1. The second kappa shape index (κ2) is 15.2. The fraction of sp³-hybridized carbons (Fsp3) is 0.0909. The Morgan fingerprint density at radius 2 is 1.57 bits per heavy atom. The lowest BCUT2D eigenvalue weighted by molar-refractivity contribution is -0.116. The number of halogens is 2. The monoisotopic (exact) mass is 646 g/mol. The number of thioether (sulfide) groups is 1. The summed E-state index contributed by atoms with van der Waals surface area (Å²) < 4.78 is 0. The van der Waals surface area contributed by atoms with Crippen LogP contribution in [0.25, 0.3) is 6.08 Å². The highest BCUT2D eigenvalue weighted by Gasteiger charge is 2.21. The van der Waals surface area contributed by atoms with Gasteiger partial charge in [-0.15, -0.1) is 11.8 Å². The number of benzene rings is 4. The van der Waals surface area contributed by atoms with Crippen molar-refractivity contribution in [1.29, 1.82) is 0 Å². The van der Waals surface area contributed by atoms with E-state index in [0.29, 0.717) is 38.8 Å². The lowest BCUT2D eigenvalue weighted by atomic mass is 10.1. The summed E-state index contributed by atoms with van der Waals surface area (Å²) in [7, 11) is 0. The molecule has 0 heterocycles. The highest BCUT2D eigenvalue weighted by Crippen LogP contribution is 2.30. The Labute approximate surface area is 269 Å². The summed E-state index contributed by atoms with van der Waals surface area (Å²) in [5.74, 6) is -2.02. The van der Waals surface area contributed by atoms with Gasteiger partial charge in [-0.1, -0.05) is 78.7 Å². The van der Waals surface area contributed by atoms with Crippen LogP contribution in [0.5, 0.6) is 0 Å². The number of amides is 4. The highest BCUT2D eigenvalue weighted by molar-refractivity contribution is 8.00. The maximum absolute atomic E-state index is 13.5. The largest absolute Gasteiger partial charge is 0.366 e. The minimum Gasteiger partial charge on any atom is -0.366 e. The lowest BCUT2D eigenvalue weighted by Gasteiger charge is -2.17. The van der Waals surface area contributed by atoms with Crippen molar-refractivity contribution in [3.63, 3.8) is 0 Å². The number of primary amides is 1. The summed E-state index contributed by atoms with van der Waals surface area (Å²) in [5, 5.41) is 8.29. The molecule has 0 saturated carbocycles. The second-order valence-electron chi connectivity index (χ2n) is 9.42. The summed E-state index contributed by atoms with van der Waals surface area (Å²) >= 11 is 13.8. The van der Waals surface area contributed by atoms with Crippen LogP contribution in [0, 0.1) is 0 Å². The molecule has 44 heavy (non-hydrogen) atoms. The van der Waals surface area contributed by atoms with Gasteiger partial charge in [0, 0.05) is 16.1 Å². The van der Waals surface area contributed by atoms with Gasteiger partial charge in [0.25, 0.3) is 17.7 Å². The van der Waals surface area contributed by atoms with Crippen molar-refractivity contribution in [2.45, 2.75) is 23.5 Å². The van der Waals surface area contributed by atoms with E-state index in [1.54, 1.807) is 91.0 Å². The zero-order valence-electron chi connectivity index (χ0n) is 23.5. The Bertz CT molecular complexity index is 1730. The third kappa shape index (κ3) is 8.50. The molecule has 0 aliphatic carbocycles. The Morgan fingerprint density at radius 1 is 0.864 bits per heavy atom. The zero-order valence-corrected chi connectivity index (χ0v) is 25.8. The molecule has 0 spiro atoms. The van der Waals surface area contributed by atoms with Gasteiger partial charge in [-0.2, -0.15) is 0 Å². The van der Waals surface area contributed by atoms with Crippen LogP contribution in [0.3, 0.4) is 0 Å². The number of hydrogen-bond acceptors (Lipinski definition) is 5. The van der Waals surface area contributed by atoms with Crippen molar-refractivity contribution in [1.82, 2.24) is 5.32 Å². The Hall–Kier alpha value is -4.57. The van der Waals surface area contributed by atoms with Crippen molar-refractivity contribution in [2.75, 3.05) is 10.6 Å². The molecule has 4 aromatic carbocycles. The van der Waals surface area contributed by atoms with Crippen LogP contribution in [-0.2, 0) is 9.59 Å². The molecule has 0 fully saturated rings. The van der Waals surface area contributed by atoms with Gasteiger partial charge < -0.3 is 21.7 Å². The van der Waals surface area contributed by atoms with Crippen molar-refractivity contribution in [3.8, 4) is 0 Å². The average Bonchev–Trinajstić information content (AvgIpc) is 3.02. The van der Waals surface area contributed by atoms with Crippen LogP contribution in [0.15, 0.2) is 108 Å². The van der Waals surface area contributed by atoms with Crippen molar-refractivity contribution < 1.29 is 19.2 Å². The molecule has 0 bridgehead atoms. The fourth-order valence-electron chi connectivity index (χ4n) is 4.08. The van der Waals surface area contributed by atoms with Crippen LogP contribution in [-0.4, -0.2) is 28.9 Å². The second-order valence-corrected chi connectivity index (χ2v) is 11.5. The fourth-order valence-corrected chi connectivity index (χ4v) is 5.46. The molecular formula is C33H28Cl2N4O4S. The number of hydrogen-bond donors (Lipinski definition) is 4. The van der Waals surface area contributed by atoms with Crippen molar-refractivity contribution >= 4 is 76.0 Å². The molecule has 0 aliphatic rings. The van der Waals surface area contributed by atoms with Gasteiger partial charge in [0.05, 0.1) is 26.5 Å². The predicted molar refractivity (Wildman–Crippen MR) is 177 cm³/mol. The molecule has 1 unspecified atom stereocenters.